The van der Waals surface area contributed by atoms with Crippen LogP contribution in [0.15, 0.2) is 59.5 Å². The fourth-order valence-corrected chi connectivity index (χ4v) is 2.99. The van der Waals surface area contributed by atoms with Gasteiger partial charge in [0.25, 0.3) is 5.91 Å². The van der Waals surface area contributed by atoms with Crippen LogP contribution in [0.1, 0.15) is 22.8 Å². The van der Waals surface area contributed by atoms with Gasteiger partial charge in [-0.15, -0.1) is 11.8 Å². The number of carbonyl (C=O) groups excluding carboxylic acids is 3. The zero-order valence-corrected chi connectivity index (χ0v) is 15.5. The molecule has 2 aromatic rings. The number of hydrogen-bond donors (Lipinski definition) is 1. The van der Waals surface area contributed by atoms with Crippen LogP contribution in [0.25, 0.3) is 0 Å². The van der Waals surface area contributed by atoms with Crippen molar-refractivity contribution in [2.45, 2.75) is 24.3 Å². The zero-order valence-electron chi connectivity index (χ0n) is 14.7. The molecular formula is C20H21NO4S. The topological polar surface area (TPSA) is 72.5 Å². The molecule has 0 saturated heterocycles. The first kappa shape index (κ1) is 19.7. The summed E-state index contributed by atoms with van der Waals surface area (Å²) in [6, 6.07) is 15.8. The van der Waals surface area contributed by atoms with E-state index in [9.17, 15) is 14.4 Å². The second kappa shape index (κ2) is 9.77. The molecular weight excluding hydrogens is 350 g/mol. The third kappa shape index (κ3) is 5.74. The van der Waals surface area contributed by atoms with Crippen molar-refractivity contribution in [1.29, 1.82) is 0 Å². The van der Waals surface area contributed by atoms with Crippen LogP contribution in [0.5, 0.6) is 0 Å². The second-order valence-corrected chi connectivity index (χ2v) is 6.54. The highest BCUT2D eigenvalue weighted by Gasteiger charge is 2.19. The van der Waals surface area contributed by atoms with Crippen LogP contribution in [-0.2, 0) is 20.7 Å². The number of carbonyl (C=O) groups is 3. The summed E-state index contributed by atoms with van der Waals surface area (Å²) in [5, 5.41) is 2.63. The Morgan fingerprint density at radius 3 is 2.35 bits per heavy atom. The number of nitrogens with one attached hydrogen (secondary N) is 1. The third-order valence-corrected chi connectivity index (χ3v) is 4.57. The minimum atomic E-state index is -0.651. The number of amides is 1. The Morgan fingerprint density at radius 1 is 1.04 bits per heavy atom. The molecule has 1 amide bonds. The average molecular weight is 371 g/mol. The van der Waals surface area contributed by atoms with Gasteiger partial charge in [-0.05, 0) is 37.3 Å². The monoisotopic (exact) mass is 371 g/mol. The van der Waals surface area contributed by atoms with E-state index in [1.54, 1.807) is 12.1 Å². The Kier molecular flexibility index (Phi) is 7.41. The first-order valence-corrected chi connectivity index (χ1v) is 9.37. The van der Waals surface area contributed by atoms with Crippen LogP contribution in [0.3, 0.4) is 0 Å². The molecule has 0 bridgehead atoms. The second-order valence-electron chi connectivity index (χ2n) is 5.70. The Labute approximate surface area is 157 Å². The molecule has 0 unspecified atom stereocenters. The summed E-state index contributed by atoms with van der Waals surface area (Å²) in [6.07, 6.45) is 2.25. The maximum absolute atomic E-state index is 12.2. The maximum atomic E-state index is 12.2. The van der Waals surface area contributed by atoms with E-state index < -0.39 is 24.5 Å². The van der Waals surface area contributed by atoms with Gasteiger partial charge >= 0.3 is 5.97 Å². The van der Waals surface area contributed by atoms with Crippen LogP contribution in [0.2, 0.25) is 0 Å². The largest absolute Gasteiger partial charge is 0.452 e. The minimum Gasteiger partial charge on any atom is -0.452 e. The fraction of sp³-hybridized carbons (Fsp3) is 0.250. The van der Waals surface area contributed by atoms with Crippen LogP contribution >= 0.6 is 11.8 Å². The maximum Gasteiger partial charge on any atom is 0.339 e. The summed E-state index contributed by atoms with van der Waals surface area (Å²) in [5.41, 5.74) is 1.36. The van der Waals surface area contributed by atoms with Crippen LogP contribution < -0.4 is 5.32 Å². The van der Waals surface area contributed by atoms with Crippen molar-refractivity contribution in [3.63, 3.8) is 0 Å². The molecule has 136 valence electrons. The molecule has 5 nitrogen and oxygen atoms in total. The van der Waals surface area contributed by atoms with E-state index in [1.807, 2.05) is 48.7 Å². The average Bonchev–Trinajstić information content (AvgIpc) is 2.66. The molecule has 0 radical (unpaired) electrons. The summed E-state index contributed by atoms with van der Waals surface area (Å²) < 4.78 is 5.09. The number of rotatable bonds is 8. The SMILES string of the molecule is CSc1ccccc1C(=O)OCC(=O)N[C@@H](Cc1ccccc1)C(C)=O. The number of hydrogen-bond acceptors (Lipinski definition) is 5. The molecule has 0 aliphatic carbocycles. The molecule has 0 aromatic heterocycles. The van der Waals surface area contributed by atoms with E-state index in [0.717, 1.165) is 10.5 Å². The molecule has 1 atom stereocenters. The standard InChI is InChI=1S/C20H21NO4S/c1-14(22)17(12-15-8-4-3-5-9-15)21-19(23)13-25-20(24)16-10-6-7-11-18(16)26-2/h3-11,17H,12-13H2,1-2H3,(H,21,23)/t17-/m0/s1. The Hall–Kier alpha value is -2.60. The molecule has 0 aliphatic rings. The van der Waals surface area contributed by atoms with Gasteiger partial charge in [0.1, 0.15) is 0 Å². The van der Waals surface area contributed by atoms with E-state index in [2.05, 4.69) is 5.32 Å². The van der Waals surface area contributed by atoms with E-state index >= 15 is 0 Å². The van der Waals surface area contributed by atoms with E-state index in [0.29, 0.717) is 12.0 Å². The number of Topliss-reactive ketones (excluding diaryl/α,β-unsaturated/α-hetero) is 1. The molecule has 0 spiro atoms. The van der Waals surface area contributed by atoms with Crippen molar-refractivity contribution < 1.29 is 19.1 Å². The van der Waals surface area contributed by atoms with Gasteiger partial charge in [0.15, 0.2) is 12.4 Å². The molecule has 0 heterocycles. The number of ether oxygens (including phenoxy) is 1. The molecule has 1 N–H and O–H groups in total. The first-order chi connectivity index (χ1) is 12.5. The summed E-state index contributed by atoms with van der Waals surface area (Å²) in [6.45, 7) is 0.995. The van der Waals surface area contributed by atoms with E-state index in [4.69, 9.17) is 4.74 Å². The molecule has 0 aliphatic heterocycles. The van der Waals surface area contributed by atoms with Crippen LogP contribution in [0, 0.1) is 0 Å². The summed E-state index contributed by atoms with van der Waals surface area (Å²) in [4.78, 5) is 36.8. The van der Waals surface area contributed by atoms with E-state index in [-0.39, 0.29) is 5.78 Å². The van der Waals surface area contributed by atoms with Crippen molar-refractivity contribution in [2.75, 3.05) is 12.9 Å². The van der Waals surface area contributed by atoms with Crippen LogP contribution in [-0.4, -0.2) is 36.6 Å². The summed E-state index contributed by atoms with van der Waals surface area (Å²) in [7, 11) is 0. The molecule has 0 fully saturated rings. The van der Waals surface area contributed by atoms with Gasteiger partial charge in [0.05, 0.1) is 11.6 Å². The van der Waals surface area contributed by atoms with Gasteiger partial charge in [-0.3, -0.25) is 9.59 Å². The fourth-order valence-electron chi connectivity index (χ4n) is 2.40. The van der Waals surface area contributed by atoms with Gasteiger partial charge in [0.2, 0.25) is 0 Å². The van der Waals surface area contributed by atoms with Crippen molar-refractivity contribution in [1.82, 2.24) is 5.32 Å². The molecule has 2 aromatic carbocycles. The number of ketones is 1. The zero-order chi connectivity index (χ0) is 18.9. The van der Waals surface area contributed by atoms with Gasteiger partial charge < -0.3 is 10.1 Å². The van der Waals surface area contributed by atoms with Crippen molar-refractivity contribution in [3.05, 3.63) is 65.7 Å². The molecule has 26 heavy (non-hydrogen) atoms. The lowest BCUT2D eigenvalue weighted by Crippen LogP contribution is -2.43. The third-order valence-electron chi connectivity index (χ3n) is 3.77. The van der Waals surface area contributed by atoms with Crippen molar-refractivity contribution in [3.8, 4) is 0 Å². The Balaban J connectivity index is 1.92. The lowest BCUT2D eigenvalue weighted by molar-refractivity contribution is -0.128. The van der Waals surface area contributed by atoms with E-state index in [1.165, 1.54) is 18.7 Å². The lowest BCUT2D eigenvalue weighted by Gasteiger charge is -2.16. The highest BCUT2D eigenvalue weighted by molar-refractivity contribution is 7.98. The number of benzene rings is 2. The molecule has 0 saturated carbocycles. The predicted octanol–water partition coefficient (Wildman–Crippen LogP) is 2.88. The Bertz CT molecular complexity index is 776. The predicted molar refractivity (Wildman–Crippen MR) is 101 cm³/mol. The number of thioether (sulfide) groups is 1. The van der Waals surface area contributed by atoms with Gasteiger partial charge in [-0.1, -0.05) is 42.5 Å². The van der Waals surface area contributed by atoms with Gasteiger partial charge in [0, 0.05) is 4.90 Å². The van der Waals surface area contributed by atoms with Crippen molar-refractivity contribution >= 4 is 29.4 Å². The molecule has 2 rings (SSSR count). The van der Waals surface area contributed by atoms with Crippen molar-refractivity contribution in [2.24, 2.45) is 0 Å². The minimum absolute atomic E-state index is 0.152. The summed E-state index contributed by atoms with van der Waals surface area (Å²) >= 11 is 1.43. The van der Waals surface area contributed by atoms with Gasteiger partial charge in [-0.25, -0.2) is 4.79 Å². The number of esters is 1. The summed E-state index contributed by atoms with van der Waals surface area (Å²) in [5.74, 6) is -1.22. The van der Waals surface area contributed by atoms with Gasteiger partial charge in [-0.2, -0.15) is 0 Å². The molecule has 6 heteroatoms. The normalized spacial score (nSPS) is 11.5. The highest BCUT2D eigenvalue weighted by atomic mass is 32.2. The highest BCUT2D eigenvalue weighted by Crippen LogP contribution is 2.20. The lowest BCUT2D eigenvalue weighted by atomic mass is 10.0. The first-order valence-electron chi connectivity index (χ1n) is 8.15. The smallest absolute Gasteiger partial charge is 0.339 e. The quantitative estimate of drug-likeness (QED) is 0.571. The van der Waals surface area contributed by atoms with Crippen LogP contribution in [0.4, 0.5) is 0 Å². The Morgan fingerprint density at radius 2 is 1.69 bits per heavy atom.